The number of fused-ring (bicyclic) bond motifs is 1. The number of aromatic nitrogens is 2. The summed E-state index contributed by atoms with van der Waals surface area (Å²) in [4.78, 5) is 39.4. The fraction of sp³-hybridized carbons (Fsp3) is 0.222. The van der Waals surface area contributed by atoms with E-state index in [0.29, 0.717) is 39.9 Å². The fourth-order valence-corrected chi connectivity index (χ4v) is 5.17. The van der Waals surface area contributed by atoms with Gasteiger partial charge in [0.2, 0.25) is 11.8 Å². The van der Waals surface area contributed by atoms with Crippen LogP contribution in [0.15, 0.2) is 70.6 Å². The van der Waals surface area contributed by atoms with Crippen molar-refractivity contribution in [2.75, 3.05) is 11.6 Å². The Labute approximate surface area is 218 Å². The Bertz CT molecular complexity index is 1740. The minimum atomic E-state index is -3.51. The third-order valence-corrected chi connectivity index (χ3v) is 7.64. The van der Waals surface area contributed by atoms with Gasteiger partial charge in [-0.15, -0.1) is 0 Å². The number of aromatic amines is 1. The van der Waals surface area contributed by atoms with Crippen LogP contribution < -0.4 is 20.9 Å². The van der Waals surface area contributed by atoms with Crippen LogP contribution in [-0.4, -0.2) is 42.1 Å². The molecule has 1 atom stereocenters. The van der Waals surface area contributed by atoms with E-state index in [1.165, 1.54) is 10.6 Å². The van der Waals surface area contributed by atoms with Crippen molar-refractivity contribution in [2.45, 2.75) is 30.4 Å². The number of benzene rings is 2. The lowest BCUT2D eigenvalue weighted by atomic mass is 10.0. The smallest absolute Gasteiger partial charge is 0.274 e. The summed E-state index contributed by atoms with van der Waals surface area (Å²) in [5, 5.41) is 6.19. The summed E-state index contributed by atoms with van der Waals surface area (Å²) in [6.07, 6.45) is 5.09. The molecule has 4 aromatic rings. The van der Waals surface area contributed by atoms with Gasteiger partial charge in [-0.2, -0.15) is 0 Å². The molecule has 1 aliphatic rings. The van der Waals surface area contributed by atoms with Crippen LogP contribution in [-0.2, 0) is 33.1 Å². The number of para-hydroxylation sites is 1. The molecule has 0 spiro atoms. The fourth-order valence-electron chi connectivity index (χ4n) is 4.52. The molecule has 0 bridgehead atoms. The number of piperidine rings is 1. The van der Waals surface area contributed by atoms with Crippen LogP contribution in [0.25, 0.3) is 22.0 Å². The minimum absolute atomic E-state index is 0.115. The predicted octanol–water partition coefficient (Wildman–Crippen LogP) is 2.73. The third kappa shape index (κ3) is 4.92. The van der Waals surface area contributed by atoms with Gasteiger partial charge in [0, 0.05) is 59.9 Å². The molecule has 3 N–H and O–H groups in total. The number of amides is 2. The summed E-state index contributed by atoms with van der Waals surface area (Å²) in [6.45, 7) is 0.115. The van der Waals surface area contributed by atoms with Gasteiger partial charge in [0.05, 0.1) is 4.90 Å². The molecule has 0 saturated carbocycles. The molecule has 0 aliphatic carbocycles. The maximum Gasteiger partial charge on any atom is 0.274 e. The van der Waals surface area contributed by atoms with Crippen molar-refractivity contribution in [3.05, 3.63) is 76.8 Å². The van der Waals surface area contributed by atoms with E-state index in [4.69, 9.17) is 4.74 Å². The topological polar surface area (TPSA) is 139 Å². The zero-order valence-corrected chi connectivity index (χ0v) is 21.6. The number of carbonyl (C=O) groups is 2. The molecule has 2 aromatic carbocycles. The number of anilines is 1. The van der Waals surface area contributed by atoms with Crippen LogP contribution in [0.4, 0.5) is 5.69 Å². The van der Waals surface area contributed by atoms with E-state index in [2.05, 4.69) is 15.6 Å². The van der Waals surface area contributed by atoms with Crippen LogP contribution in [0.1, 0.15) is 18.4 Å². The Hall–Kier alpha value is -4.38. The molecule has 38 heavy (non-hydrogen) atoms. The first-order chi connectivity index (χ1) is 18.1. The quantitative estimate of drug-likeness (QED) is 0.310. The second kappa shape index (κ2) is 9.82. The van der Waals surface area contributed by atoms with Crippen LogP contribution in [0.2, 0.25) is 0 Å². The molecule has 2 aromatic heterocycles. The van der Waals surface area contributed by atoms with Crippen LogP contribution in [0.5, 0.6) is 5.75 Å². The first-order valence-corrected chi connectivity index (χ1v) is 13.8. The Morgan fingerprint density at radius 2 is 1.87 bits per heavy atom. The molecule has 1 unspecified atom stereocenters. The Morgan fingerprint density at radius 3 is 2.63 bits per heavy atom. The lowest BCUT2D eigenvalue weighted by Crippen LogP contribution is -2.47. The van der Waals surface area contributed by atoms with E-state index >= 15 is 0 Å². The summed E-state index contributed by atoms with van der Waals surface area (Å²) in [6, 6.07) is 13.2. The number of sulfone groups is 1. The molecule has 2 amide bonds. The highest BCUT2D eigenvalue weighted by Crippen LogP contribution is 2.36. The monoisotopic (exact) mass is 534 g/mol. The van der Waals surface area contributed by atoms with Gasteiger partial charge >= 0.3 is 0 Å². The van der Waals surface area contributed by atoms with E-state index in [9.17, 15) is 22.8 Å². The van der Waals surface area contributed by atoms with Gasteiger partial charge in [-0.25, -0.2) is 8.42 Å². The van der Waals surface area contributed by atoms with E-state index in [1.807, 2.05) is 24.3 Å². The largest absolute Gasteiger partial charge is 0.488 e. The number of carbonyl (C=O) groups excluding carboxylic acids is 2. The lowest BCUT2D eigenvalue weighted by molar-refractivity contribution is -0.133. The van der Waals surface area contributed by atoms with E-state index < -0.39 is 15.9 Å². The maximum absolute atomic E-state index is 12.6. The Morgan fingerprint density at radius 1 is 1.08 bits per heavy atom. The summed E-state index contributed by atoms with van der Waals surface area (Å²) < 4.78 is 32.4. The summed E-state index contributed by atoms with van der Waals surface area (Å²) in [7, 11) is -1.88. The summed E-state index contributed by atoms with van der Waals surface area (Å²) in [5.74, 6) is -0.236. The second-order valence-corrected chi connectivity index (χ2v) is 11.3. The number of aryl methyl sites for hydroxylation is 1. The van der Waals surface area contributed by atoms with E-state index in [-0.39, 0.29) is 35.3 Å². The first kappa shape index (κ1) is 25.3. The highest BCUT2D eigenvalue weighted by atomic mass is 32.2. The van der Waals surface area contributed by atoms with Crippen molar-refractivity contribution in [1.29, 1.82) is 0 Å². The number of nitrogens with zero attached hydrogens (tertiary/aromatic N) is 1. The van der Waals surface area contributed by atoms with Crippen LogP contribution >= 0.6 is 0 Å². The highest BCUT2D eigenvalue weighted by Gasteiger charge is 2.27. The minimum Gasteiger partial charge on any atom is -0.488 e. The standard InChI is InChI=1S/C27H26N4O6S/c1-31-14-20(18-11-12-28-25(18)27(31)34)19-13-17(38(2,35)36)7-9-23(19)37-15-16-5-3-4-6-21(16)29-22-8-10-24(32)30-26(22)33/h3-7,9,11-14,22,28-29H,8,10,15H2,1-2H3,(H,30,32,33). The van der Waals surface area contributed by atoms with Crippen molar-refractivity contribution >= 4 is 38.2 Å². The maximum atomic E-state index is 12.6. The zero-order valence-electron chi connectivity index (χ0n) is 20.8. The molecule has 1 fully saturated rings. The summed E-state index contributed by atoms with van der Waals surface area (Å²) in [5.41, 5.74) is 2.81. The van der Waals surface area contributed by atoms with Crippen molar-refractivity contribution in [1.82, 2.24) is 14.9 Å². The zero-order chi connectivity index (χ0) is 27.0. The number of hydrogen-bond donors (Lipinski definition) is 3. The average Bonchev–Trinajstić information content (AvgIpc) is 3.37. The number of H-pyrrole nitrogens is 1. The number of nitrogens with one attached hydrogen (secondary N) is 3. The highest BCUT2D eigenvalue weighted by molar-refractivity contribution is 7.90. The van der Waals surface area contributed by atoms with Crippen molar-refractivity contribution < 1.29 is 22.7 Å². The predicted molar refractivity (Wildman–Crippen MR) is 143 cm³/mol. The third-order valence-electron chi connectivity index (χ3n) is 6.53. The van der Waals surface area contributed by atoms with Crippen LogP contribution in [0.3, 0.4) is 0 Å². The number of hydrogen-bond acceptors (Lipinski definition) is 7. The van der Waals surface area contributed by atoms with Gasteiger partial charge in [0.15, 0.2) is 9.84 Å². The molecule has 196 valence electrons. The number of ether oxygens (including phenoxy) is 1. The summed E-state index contributed by atoms with van der Waals surface area (Å²) >= 11 is 0. The second-order valence-electron chi connectivity index (χ2n) is 9.25. The van der Waals surface area contributed by atoms with Gasteiger partial charge in [-0.05, 0) is 36.8 Å². The molecule has 1 saturated heterocycles. The van der Waals surface area contributed by atoms with Crippen molar-refractivity contribution in [3.8, 4) is 16.9 Å². The molecule has 5 rings (SSSR count). The van der Waals surface area contributed by atoms with Gasteiger partial charge in [0.25, 0.3) is 5.56 Å². The van der Waals surface area contributed by atoms with E-state index in [1.54, 1.807) is 37.6 Å². The molecular formula is C27H26N4O6S. The molecular weight excluding hydrogens is 508 g/mol. The van der Waals surface area contributed by atoms with E-state index in [0.717, 1.165) is 11.8 Å². The van der Waals surface area contributed by atoms with Gasteiger partial charge in [-0.1, -0.05) is 18.2 Å². The molecule has 11 heteroatoms. The van der Waals surface area contributed by atoms with Crippen molar-refractivity contribution in [3.63, 3.8) is 0 Å². The average molecular weight is 535 g/mol. The molecule has 1 aliphatic heterocycles. The number of rotatable bonds is 7. The van der Waals surface area contributed by atoms with Crippen molar-refractivity contribution in [2.24, 2.45) is 7.05 Å². The number of imide groups is 1. The molecule has 3 heterocycles. The Balaban J connectivity index is 1.51. The lowest BCUT2D eigenvalue weighted by Gasteiger charge is -2.24. The molecule has 0 radical (unpaired) electrons. The van der Waals surface area contributed by atoms with Gasteiger partial charge in [-0.3, -0.25) is 19.7 Å². The van der Waals surface area contributed by atoms with Gasteiger partial charge < -0.3 is 19.6 Å². The first-order valence-electron chi connectivity index (χ1n) is 11.9. The van der Waals surface area contributed by atoms with Gasteiger partial charge in [0.1, 0.15) is 23.9 Å². The SMILES string of the molecule is Cn1cc(-c2cc(S(C)(=O)=O)ccc2OCc2ccccc2NC2CCC(=O)NC2=O)c2cc[nH]c2c1=O. The number of pyridine rings is 1. The normalized spacial score (nSPS) is 15.9. The Kier molecular flexibility index (Phi) is 6.53. The molecule has 10 nitrogen and oxygen atoms in total. The van der Waals surface area contributed by atoms with Crippen LogP contribution in [0, 0.1) is 0 Å².